The van der Waals surface area contributed by atoms with Crippen LogP contribution in [0.5, 0.6) is 5.88 Å². The van der Waals surface area contributed by atoms with E-state index < -0.39 is 41.5 Å². The van der Waals surface area contributed by atoms with E-state index in [-0.39, 0.29) is 6.07 Å². The van der Waals surface area contributed by atoms with E-state index in [0.717, 1.165) is 0 Å². The number of aromatic carboxylic acids is 1. The van der Waals surface area contributed by atoms with Crippen molar-refractivity contribution in [3.8, 4) is 11.9 Å². The van der Waals surface area contributed by atoms with Crippen LogP contribution in [-0.2, 0) is 0 Å². The van der Waals surface area contributed by atoms with Crippen LogP contribution in [0.1, 0.15) is 28.0 Å². The number of carbonyl (C=O) groups is 1. The summed E-state index contributed by atoms with van der Waals surface area (Å²) in [7, 11) is 0. The first-order chi connectivity index (χ1) is 8.65. The van der Waals surface area contributed by atoms with E-state index in [1.807, 2.05) is 0 Å². The molecule has 1 aromatic rings. The number of aromatic nitrogens is 1. The van der Waals surface area contributed by atoms with Crippen LogP contribution in [0.4, 0.5) is 22.0 Å². The van der Waals surface area contributed by atoms with Gasteiger partial charge in [0.2, 0.25) is 5.88 Å². The Morgan fingerprint density at radius 2 is 2.05 bits per heavy atom. The number of carboxylic acids is 1. The Hall–Kier alpha value is -2.44. The number of carboxylic acid groups (broad SMARTS) is 1. The SMILES string of the molecule is N#Cc1nc(OC(F)(F)F)c(C(F)F)cc1C(=O)O. The van der Waals surface area contributed by atoms with Gasteiger partial charge in [-0.1, -0.05) is 0 Å². The lowest BCUT2D eigenvalue weighted by Crippen LogP contribution is -2.20. The van der Waals surface area contributed by atoms with Crippen molar-refractivity contribution in [2.24, 2.45) is 0 Å². The fourth-order valence-electron chi connectivity index (χ4n) is 1.11. The molecule has 102 valence electrons. The molecule has 5 nitrogen and oxygen atoms in total. The minimum atomic E-state index is -5.30. The molecule has 0 aromatic carbocycles. The van der Waals surface area contributed by atoms with Crippen LogP contribution in [0, 0.1) is 11.3 Å². The highest BCUT2D eigenvalue weighted by molar-refractivity contribution is 5.90. The number of hydrogen-bond acceptors (Lipinski definition) is 4. The molecule has 0 saturated heterocycles. The Bertz CT molecular complexity index is 550. The molecule has 1 rings (SSSR count). The van der Waals surface area contributed by atoms with Crippen molar-refractivity contribution in [3.63, 3.8) is 0 Å². The molecule has 0 spiro atoms. The molecule has 0 atom stereocenters. The minimum Gasteiger partial charge on any atom is -0.478 e. The maximum Gasteiger partial charge on any atom is 0.574 e. The Morgan fingerprint density at radius 3 is 2.42 bits per heavy atom. The molecule has 0 amide bonds. The summed E-state index contributed by atoms with van der Waals surface area (Å²) in [5, 5.41) is 17.1. The van der Waals surface area contributed by atoms with Gasteiger partial charge in [-0.2, -0.15) is 5.26 Å². The Kier molecular flexibility index (Phi) is 3.89. The smallest absolute Gasteiger partial charge is 0.478 e. The number of rotatable bonds is 3. The van der Waals surface area contributed by atoms with E-state index in [2.05, 4.69) is 9.72 Å². The van der Waals surface area contributed by atoms with Crippen LogP contribution in [0.15, 0.2) is 6.07 Å². The van der Waals surface area contributed by atoms with Crippen molar-refractivity contribution >= 4 is 5.97 Å². The maximum atomic E-state index is 12.5. The van der Waals surface area contributed by atoms with Gasteiger partial charge in [0.25, 0.3) is 6.43 Å². The van der Waals surface area contributed by atoms with E-state index in [1.54, 1.807) is 0 Å². The average Bonchev–Trinajstić information content (AvgIpc) is 2.25. The standard InChI is InChI=1S/C9H3F5N2O3/c10-6(11)4-1-3(8(17)18)5(2-15)16-7(4)19-9(12,13)14/h1,6H,(H,17,18). The summed E-state index contributed by atoms with van der Waals surface area (Å²) >= 11 is 0. The molecule has 0 saturated carbocycles. The zero-order chi connectivity index (χ0) is 14.8. The number of hydrogen-bond donors (Lipinski definition) is 1. The third-order valence-corrected chi connectivity index (χ3v) is 1.80. The summed E-state index contributed by atoms with van der Waals surface area (Å²) in [4.78, 5) is 13.5. The topological polar surface area (TPSA) is 83.2 Å². The quantitative estimate of drug-likeness (QED) is 0.861. The third-order valence-electron chi connectivity index (χ3n) is 1.80. The fraction of sp³-hybridized carbons (Fsp3) is 0.222. The summed E-state index contributed by atoms with van der Waals surface area (Å²) < 4.78 is 64.2. The van der Waals surface area contributed by atoms with Gasteiger partial charge in [-0.3, -0.25) is 0 Å². The van der Waals surface area contributed by atoms with Crippen molar-refractivity contribution in [1.29, 1.82) is 5.26 Å². The van der Waals surface area contributed by atoms with E-state index in [4.69, 9.17) is 10.4 Å². The van der Waals surface area contributed by atoms with Gasteiger partial charge in [-0.05, 0) is 6.07 Å². The molecular formula is C9H3F5N2O3. The minimum absolute atomic E-state index is 0.222. The number of pyridine rings is 1. The van der Waals surface area contributed by atoms with Gasteiger partial charge >= 0.3 is 12.3 Å². The second-order valence-electron chi connectivity index (χ2n) is 3.04. The Morgan fingerprint density at radius 1 is 1.47 bits per heavy atom. The first-order valence-electron chi connectivity index (χ1n) is 4.38. The molecule has 1 N–H and O–H groups in total. The predicted molar refractivity (Wildman–Crippen MR) is 47.6 cm³/mol. The van der Waals surface area contributed by atoms with Crippen LogP contribution in [-0.4, -0.2) is 22.4 Å². The number of nitriles is 1. The van der Waals surface area contributed by atoms with Gasteiger partial charge in [-0.15, -0.1) is 13.2 Å². The van der Waals surface area contributed by atoms with Crippen molar-refractivity contribution in [3.05, 3.63) is 22.9 Å². The van der Waals surface area contributed by atoms with Crippen molar-refractivity contribution in [1.82, 2.24) is 4.98 Å². The molecule has 0 radical (unpaired) electrons. The number of halogens is 5. The van der Waals surface area contributed by atoms with E-state index in [9.17, 15) is 26.7 Å². The van der Waals surface area contributed by atoms with Crippen molar-refractivity contribution in [2.75, 3.05) is 0 Å². The summed E-state index contributed by atoms with van der Waals surface area (Å²) in [6.07, 6.45) is -8.75. The molecular weight excluding hydrogens is 279 g/mol. The first kappa shape index (κ1) is 14.6. The van der Waals surface area contributed by atoms with Crippen molar-refractivity contribution < 1.29 is 36.6 Å². The van der Waals surface area contributed by atoms with Crippen LogP contribution in [0.3, 0.4) is 0 Å². The normalized spacial score (nSPS) is 11.2. The lowest BCUT2D eigenvalue weighted by molar-refractivity contribution is -0.276. The van der Waals surface area contributed by atoms with E-state index in [0.29, 0.717) is 0 Å². The largest absolute Gasteiger partial charge is 0.574 e. The van der Waals surface area contributed by atoms with Gasteiger partial charge in [0.05, 0.1) is 11.1 Å². The van der Waals surface area contributed by atoms with Crippen LogP contribution in [0.2, 0.25) is 0 Å². The highest BCUT2D eigenvalue weighted by atomic mass is 19.4. The molecule has 10 heteroatoms. The molecule has 0 bridgehead atoms. The lowest BCUT2D eigenvalue weighted by Gasteiger charge is -2.12. The predicted octanol–water partition coefficient (Wildman–Crippen LogP) is 2.49. The summed E-state index contributed by atoms with van der Waals surface area (Å²) in [6, 6.07) is 1.41. The summed E-state index contributed by atoms with van der Waals surface area (Å²) in [5.74, 6) is -3.33. The zero-order valence-corrected chi connectivity index (χ0v) is 8.70. The summed E-state index contributed by atoms with van der Waals surface area (Å²) in [6.45, 7) is 0. The van der Waals surface area contributed by atoms with E-state index >= 15 is 0 Å². The molecule has 1 aromatic heterocycles. The van der Waals surface area contributed by atoms with Crippen LogP contribution >= 0.6 is 0 Å². The molecule has 0 aliphatic rings. The fourth-order valence-corrected chi connectivity index (χ4v) is 1.11. The molecule has 19 heavy (non-hydrogen) atoms. The van der Waals surface area contributed by atoms with Gasteiger partial charge in [-0.25, -0.2) is 18.6 Å². The molecule has 0 aliphatic heterocycles. The molecule has 0 aliphatic carbocycles. The average molecular weight is 282 g/mol. The summed E-state index contributed by atoms with van der Waals surface area (Å²) in [5.41, 5.74) is -3.27. The van der Waals surface area contributed by atoms with Gasteiger partial charge in [0, 0.05) is 0 Å². The van der Waals surface area contributed by atoms with Crippen LogP contribution in [0.25, 0.3) is 0 Å². The van der Waals surface area contributed by atoms with Gasteiger partial charge < -0.3 is 9.84 Å². The van der Waals surface area contributed by atoms with Crippen molar-refractivity contribution in [2.45, 2.75) is 12.8 Å². The Labute approximate surface area is 101 Å². The molecule has 1 heterocycles. The highest BCUT2D eigenvalue weighted by Crippen LogP contribution is 2.32. The lowest BCUT2D eigenvalue weighted by atomic mass is 10.1. The monoisotopic (exact) mass is 282 g/mol. The molecule has 0 unspecified atom stereocenters. The second-order valence-corrected chi connectivity index (χ2v) is 3.04. The highest BCUT2D eigenvalue weighted by Gasteiger charge is 2.35. The maximum absolute atomic E-state index is 12.5. The Balaban J connectivity index is 3.46. The second kappa shape index (κ2) is 5.05. The zero-order valence-electron chi connectivity index (χ0n) is 8.70. The third kappa shape index (κ3) is 3.51. The van der Waals surface area contributed by atoms with E-state index in [1.165, 1.54) is 6.07 Å². The number of ether oxygens (including phenoxy) is 1. The first-order valence-corrected chi connectivity index (χ1v) is 4.38. The number of alkyl halides is 5. The van der Waals surface area contributed by atoms with Gasteiger partial charge in [0.1, 0.15) is 6.07 Å². The molecule has 0 fully saturated rings. The van der Waals surface area contributed by atoms with Gasteiger partial charge in [0.15, 0.2) is 5.69 Å². The van der Waals surface area contributed by atoms with Crippen LogP contribution < -0.4 is 4.74 Å². The number of nitrogens with zero attached hydrogens (tertiary/aromatic N) is 2.